The minimum atomic E-state index is -0.849. The van der Waals surface area contributed by atoms with Crippen LogP contribution in [0.3, 0.4) is 0 Å². The SMILES string of the molecule is CC(C)(C)OC(=O)N[C@@H]1CCSCC[C@H]1C(=O)O. The molecule has 0 radical (unpaired) electrons. The van der Waals surface area contributed by atoms with E-state index >= 15 is 0 Å². The first kappa shape index (κ1) is 15.1. The van der Waals surface area contributed by atoms with Crippen LogP contribution in [0, 0.1) is 5.92 Å². The Morgan fingerprint density at radius 3 is 2.44 bits per heavy atom. The van der Waals surface area contributed by atoms with Gasteiger partial charge >= 0.3 is 12.1 Å². The van der Waals surface area contributed by atoms with Crippen molar-refractivity contribution in [3.8, 4) is 0 Å². The molecule has 1 amide bonds. The number of carbonyl (C=O) groups excluding carboxylic acids is 1. The van der Waals surface area contributed by atoms with E-state index in [0.717, 1.165) is 11.5 Å². The standard InChI is InChI=1S/C12H21NO4S/c1-12(2,3)17-11(16)13-9-5-7-18-6-4-8(9)10(14)15/h8-9H,4-7H2,1-3H3,(H,13,16)(H,14,15)/t8-,9-/m1/s1. The Morgan fingerprint density at radius 1 is 1.28 bits per heavy atom. The summed E-state index contributed by atoms with van der Waals surface area (Å²) in [4.78, 5) is 22.9. The van der Waals surface area contributed by atoms with E-state index in [2.05, 4.69) is 5.32 Å². The van der Waals surface area contributed by atoms with Gasteiger partial charge in [-0.15, -0.1) is 0 Å². The molecule has 0 bridgehead atoms. The van der Waals surface area contributed by atoms with Crippen molar-refractivity contribution in [1.29, 1.82) is 0 Å². The van der Waals surface area contributed by atoms with Crippen LogP contribution >= 0.6 is 11.8 Å². The monoisotopic (exact) mass is 275 g/mol. The lowest BCUT2D eigenvalue weighted by atomic mass is 9.95. The lowest BCUT2D eigenvalue weighted by molar-refractivity contribution is -0.142. The molecule has 0 aromatic heterocycles. The normalized spacial score (nSPS) is 25.1. The van der Waals surface area contributed by atoms with Gasteiger partial charge in [0.1, 0.15) is 5.60 Å². The Balaban J connectivity index is 2.60. The number of ether oxygens (including phenoxy) is 1. The second kappa shape index (κ2) is 6.31. The Bertz CT molecular complexity index is 314. The van der Waals surface area contributed by atoms with Gasteiger partial charge in [0.2, 0.25) is 0 Å². The second-order valence-corrected chi connectivity index (χ2v) is 6.61. The highest BCUT2D eigenvalue weighted by molar-refractivity contribution is 7.99. The van der Waals surface area contributed by atoms with Crippen LogP contribution in [-0.4, -0.2) is 40.3 Å². The van der Waals surface area contributed by atoms with Crippen LogP contribution in [0.5, 0.6) is 0 Å². The summed E-state index contributed by atoms with van der Waals surface area (Å²) < 4.78 is 5.16. The van der Waals surface area contributed by atoms with Gasteiger partial charge in [-0.25, -0.2) is 4.79 Å². The predicted octanol–water partition coefficient (Wildman–Crippen LogP) is 2.11. The molecule has 0 aliphatic carbocycles. The Kier molecular flexibility index (Phi) is 5.31. The molecule has 18 heavy (non-hydrogen) atoms. The molecular weight excluding hydrogens is 254 g/mol. The van der Waals surface area contributed by atoms with E-state index in [1.54, 1.807) is 32.5 Å². The summed E-state index contributed by atoms with van der Waals surface area (Å²) in [6.07, 6.45) is 0.715. The molecule has 1 saturated heterocycles. The fraction of sp³-hybridized carbons (Fsp3) is 0.833. The summed E-state index contributed by atoms with van der Waals surface area (Å²) in [5, 5.41) is 11.9. The number of aliphatic carboxylic acids is 1. The number of hydrogen-bond acceptors (Lipinski definition) is 4. The molecule has 1 aliphatic heterocycles. The van der Waals surface area contributed by atoms with Gasteiger partial charge in [-0.3, -0.25) is 4.79 Å². The largest absolute Gasteiger partial charge is 0.481 e. The predicted molar refractivity (Wildman–Crippen MR) is 70.8 cm³/mol. The fourth-order valence-corrected chi connectivity index (χ4v) is 2.90. The molecule has 1 aliphatic rings. The van der Waals surface area contributed by atoms with Crippen molar-refractivity contribution in [3.05, 3.63) is 0 Å². The van der Waals surface area contributed by atoms with E-state index in [1.807, 2.05) is 0 Å². The highest BCUT2D eigenvalue weighted by Crippen LogP contribution is 2.23. The molecule has 104 valence electrons. The first-order valence-corrected chi connectivity index (χ1v) is 7.25. The van der Waals surface area contributed by atoms with E-state index in [4.69, 9.17) is 4.74 Å². The van der Waals surface area contributed by atoms with Crippen LogP contribution in [0.25, 0.3) is 0 Å². The number of nitrogens with one attached hydrogen (secondary N) is 1. The molecule has 1 fully saturated rings. The van der Waals surface area contributed by atoms with Crippen molar-refractivity contribution in [3.63, 3.8) is 0 Å². The zero-order valence-electron chi connectivity index (χ0n) is 11.1. The van der Waals surface area contributed by atoms with Crippen molar-refractivity contribution in [2.75, 3.05) is 11.5 Å². The second-order valence-electron chi connectivity index (χ2n) is 5.39. The van der Waals surface area contributed by atoms with E-state index in [9.17, 15) is 14.7 Å². The van der Waals surface area contributed by atoms with Gasteiger partial charge in [0.05, 0.1) is 5.92 Å². The maximum atomic E-state index is 11.7. The van der Waals surface area contributed by atoms with Crippen molar-refractivity contribution in [1.82, 2.24) is 5.32 Å². The number of carboxylic acid groups (broad SMARTS) is 1. The van der Waals surface area contributed by atoms with Crippen molar-refractivity contribution >= 4 is 23.8 Å². The third-order valence-corrected chi connectivity index (χ3v) is 3.70. The number of rotatable bonds is 2. The van der Waals surface area contributed by atoms with E-state index in [0.29, 0.717) is 12.8 Å². The third kappa shape index (κ3) is 5.16. The van der Waals surface area contributed by atoms with Gasteiger partial charge in [-0.05, 0) is 45.1 Å². The molecule has 2 N–H and O–H groups in total. The summed E-state index contributed by atoms with van der Waals surface area (Å²) >= 11 is 1.73. The number of carboxylic acids is 1. The number of thioether (sulfide) groups is 1. The van der Waals surface area contributed by atoms with Crippen LogP contribution < -0.4 is 5.32 Å². The molecule has 2 atom stereocenters. The quantitative estimate of drug-likeness (QED) is 0.807. The first-order chi connectivity index (χ1) is 8.29. The Hall–Kier alpha value is -0.910. The summed E-state index contributed by atoms with van der Waals surface area (Å²) in [6.45, 7) is 5.35. The summed E-state index contributed by atoms with van der Waals surface area (Å²) in [6, 6.07) is -0.340. The average Bonchev–Trinajstić information content (AvgIpc) is 2.39. The minimum Gasteiger partial charge on any atom is -0.481 e. The smallest absolute Gasteiger partial charge is 0.407 e. The molecule has 5 nitrogen and oxygen atoms in total. The maximum Gasteiger partial charge on any atom is 0.407 e. The van der Waals surface area contributed by atoms with Gasteiger partial charge in [0, 0.05) is 6.04 Å². The van der Waals surface area contributed by atoms with Crippen LogP contribution in [0.1, 0.15) is 33.6 Å². The fourth-order valence-electron chi connectivity index (χ4n) is 1.85. The molecule has 1 heterocycles. The zero-order valence-corrected chi connectivity index (χ0v) is 11.9. The number of alkyl carbamates (subject to hydrolysis) is 1. The number of hydrogen-bond donors (Lipinski definition) is 2. The first-order valence-electron chi connectivity index (χ1n) is 6.09. The van der Waals surface area contributed by atoms with Gasteiger partial charge < -0.3 is 15.2 Å². The molecular formula is C12H21NO4S. The van der Waals surface area contributed by atoms with E-state index < -0.39 is 23.6 Å². The van der Waals surface area contributed by atoms with Crippen LogP contribution in [0.2, 0.25) is 0 Å². The zero-order chi connectivity index (χ0) is 13.8. The van der Waals surface area contributed by atoms with Gasteiger partial charge in [0.25, 0.3) is 0 Å². The minimum absolute atomic E-state index is 0.340. The maximum absolute atomic E-state index is 11.7. The van der Waals surface area contributed by atoms with E-state index in [1.165, 1.54) is 0 Å². The molecule has 0 aromatic carbocycles. The molecule has 0 unspecified atom stereocenters. The number of amides is 1. The molecule has 0 saturated carbocycles. The van der Waals surface area contributed by atoms with Crippen LogP contribution in [0.4, 0.5) is 4.79 Å². The number of carbonyl (C=O) groups is 2. The third-order valence-electron chi connectivity index (χ3n) is 2.65. The highest BCUT2D eigenvalue weighted by Gasteiger charge is 2.31. The summed E-state index contributed by atoms with van der Waals surface area (Å²) in [5.74, 6) is 0.319. The van der Waals surface area contributed by atoms with Gasteiger partial charge in [0.15, 0.2) is 0 Å². The van der Waals surface area contributed by atoms with Crippen LogP contribution in [0.15, 0.2) is 0 Å². The topological polar surface area (TPSA) is 75.6 Å². The van der Waals surface area contributed by atoms with Gasteiger partial charge in [-0.1, -0.05) is 0 Å². The molecule has 1 rings (SSSR count). The highest BCUT2D eigenvalue weighted by atomic mass is 32.2. The molecule has 0 aromatic rings. The van der Waals surface area contributed by atoms with E-state index in [-0.39, 0.29) is 6.04 Å². The summed E-state index contributed by atoms with van der Waals surface area (Å²) in [7, 11) is 0. The molecule has 0 spiro atoms. The van der Waals surface area contributed by atoms with Gasteiger partial charge in [-0.2, -0.15) is 11.8 Å². The lowest BCUT2D eigenvalue weighted by Crippen LogP contribution is -2.45. The average molecular weight is 275 g/mol. The van der Waals surface area contributed by atoms with Crippen molar-refractivity contribution in [2.24, 2.45) is 5.92 Å². The summed E-state index contributed by atoms with van der Waals surface area (Å²) in [5.41, 5.74) is -0.567. The Labute approximate surface area is 112 Å². The molecule has 6 heteroatoms. The van der Waals surface area contributed by atoms with Crippen molar-refractivity contribution in [2.45, 2.75) is 45.3 Å². The van der Waals surface area contributed by atoms with Crippen LogP contribution in [-0.2, 0) is 9.53 Å². The Morgan fingerprint density at radius 2 is 1.89 bits per heavy atom. The van der Waals surface area contributed by atoms with Crippen molar-refractivity contribution < 1.29 is 19.4 Å². The lowest BCUT2D eigenvalue weighted by Gasteiger charge is -2.25.